The first-order valence-electron chi connectivity index (χ1n) is 8.33. The molecule has 1 saturated carbocycles. The fourth-order valence-corrected chi connectivity index (χ4v) is 2.92. The summed E-state index contributed by atoms with van der Waals surface area (Å²) >= 11 is 0. The summed E-state index contributed by atoms with van der Waals surface area (Å²) in [6.07, 6.45) is 2.54. The second-order valence-corrected chi connectivity index (χ2v) is 6.52. The minimum atomic E-state index is -0.901. The van der Waals surface area contributed by atoms with Crippen molar-refractivity contribution in [2.75, 3.05) is 18.4 Å². The number of carboxylic acids is 1. The smallest absolute Gasteiger partial charge is 0.310 e. The molecule has 0 radical (unpaired) electrons. The Kier molecular flexibility index (Phi) is 5.95. The van der Waals surface area contributed by atoms with Gasteiger partial charge in [-0.05, 0) is 37.8 Å². The second-order valence-electron chi connectivity index (χ2n) is 6.52. The number of carbonyl (C=O) groups excluding carboxylic acids is 1. The van der Waals surface area contributed by atoms with Gasteiger partial charge in [-0.25, -0.2) is 0 Å². The van der Waals surface area contributed by atoms with Gasteiger partial charge in [-0.3, -0.25) is 19.7 Å². The van der Waals surface area contributed by atoms with Crippen LogP contribution in [0.15, 0.2) is 18.2 Å². The molecule has 8 heteroatoms. The number of nitro benzene ring substituents is 1. The number of hydrogen-bond donors (Lipinski definition) is 3. The van der Waals surface area contributed by atoms with Crippen LogP contribution in [0.3, 0.4) is 0 Å². The summed E-state index contributed by atoms with van der Waals surface area (Å²) in [5.74, 6) is -1.16. The Bertz CT molecular complexity index is 670. The van der Waals surface area contributed by atoms with Gasteiger partial charge in [0.1, 0.15) is 5.69 Å². The number of carboxylic acid groups (broad SMARTS) is 1. The molecule has 0 unspecified atom stereocenters. The Morgan fingerprint density at radius 3 is 2.60 bits per heavy atom. The third-order valence-corrected chi connectivity index (χ3v) is 4.60. The van der Waals surface area contributed by atoms with Gasteiger partial charge in [-0.15, -0.1) is 0 Å². The lowest BCUT2D eigenvalue weighted by Crippen LogP contribution is -2.42. The van der Waals surface area contributed by atoms with E-state index in [-0.39, 0.29) is 18.0 Å². The molecule has 1 fully saturated rings. The molecule has 8 nitrogen and oxygen atoms in total. The van der Waals surface area contributed by atoms with E-state index in [2.05, 4.69) is 10.6 Å². The van der Waals surface area contributed by atoms with E-state index in [0.29, 0.717) is 38.0 Å². The lowest BCUT2D eigenvalue weighted by Gasteiger charge is -2.36. The van der Waals surface area contributed by atoms with E-state index >= 15 is 0 Å². The topological polar surface area (TPSA) is 122 Å². The van der Waals surface area contributed by atoms with Crippen LogP contribution >= 0.6 is 0 Å². The molecule has 3 N–H and O–H groups in total. The lowest BCUT2D eigenvalue weighted by atomic mass is 9.66. The van der Waals surface area contributed by atoms with E-state index < -0.39 is 16.3 Å². The first-order chi connectivity index (χ1) is 11.8. The number of hydrogen-bond acceptors (Lipinski definition) is 5. The molecule has 2 rings (SSSR count). The zero-order valence-corrected chi connectivity index (χ0v) is 14.2. The molecule has 0 heterocycles. The van der Waals surface area contributed by atoms with Crippen molar-refractivity contribution in [1.29, 1.82) is 0 Å². The Labute approximate surface area is 145 Å². The van der Waals surface area contributed by atoms with Gasteiger partial charge < -0.3 is 15.7 Å². The van der Waals surface area contributed by atoms with Crippen molar-refractivity contribution in [2.24, 2.45) is 5.41 Å². The first-order valence-corrected chi connectivity index (χ1v) is 8.33. The van der Waals surface area contributed by atoms with Crippen molar-refractivity contribution < 1.29 is 19.6 Å². The highest BCUT2D eigenvalue weighted by atomic mass is 16.6. The van der Waals surface area contributed by atoms with E-state index in [1.165, 1.54) is 6.07 Å². The number of nitrogens with one attached hydrogen (secondary N) is 2. The van der Waals surface area contributed by atoms with Crippen molar-refractivity contribution in [3.8, 4) is 0 Å². The molecule has 0 atom stereocenters. The van der Waals surface area contributed by atoms with Crippen LogP contribution in [0.2, 0.25) is 0 Å². The Balaban J connectivity index is 1.72. The van der Waals surface area contributed by atoms with Gasteiger partial charge in [-0.1, -0.05) is 12.5 Å². The predicted octanol–water partition coefficient (Wildman–Crippen LogP) is 2.47. The van der Waals surface area contributed by atoms with Crippen LogP contribution in [0.4, 0.5) is 11.4 Å². The molecule has 136 valence electrons. The molecule has 1 aromatic rings. The van der Waals surface area contributed by atoms with Gasteiger partial charge in [0.05, 0.1) is 10.3 Å². The third-order valence-electron chi connectivity index (χ3n) is 4.60. The third kappa shape index (κ3) is 4.68. The number of aryl methyl sites for hydroxylation is 1. The predicted molar refractivity (Wildman–Crippen MR) is 92.5 cm³/mol. The molecule has 0 saturated heterocycles. The molecule has 0 aromatic heterocycles. The van der Waals surface area contributed by atoms with Gasteiger partial charge in [0.15, 0.2) is 0 Å². The molecule has 1 aliphatic rings. The summed E-state index contributed by atoms with van der Waals surface area (Å²) in [7, 11) is 0. The molecule has 0 spiro atoms. The van der Waals surface area contributed by atoms with E-state index in [4.69, 9.17) is 0 Å². The summed E-state index contributed by atoms with van der Waals surface area (Å²) in [6, 6.07) is 4.97. The summed E-state index contributed by atoms with van der Waals surface area (Å²) < 4.78 is 0. The molecular formula is C17H23N3O5. The van der Waals surface area contributed by atoms with Crippen molar-refractivity contribution in [3.05, 3.63) is 33.9 Å². The highest BCUT2D eigenvalue weighted by Crippen LogP contribution is 2.44. The van der Waals surface area contributed by atoms with Crippen molar-refractivity contribution in [3.63, 3.8) is 0 Å². The van der Waals surface area contributed by atoms with Gasteiger partial charge in [0.25, 0.3) is 5.69 Å². The van der Waals surface area contributed by atoms with E-state index in [0.717, 1.165) is 12.0 Å². The highest BCUT2D eigenvalue weighted by molar-refractivity contribution is 5.85. The van der Waals surface area contributed by atoms with Gasteiger partial charge in [0, 0.05) is 25.6 Å². The maximum atomic E-state index is 11.9. The van der Waals surface area contributed by atoms with Crippen LogP contribution in [0.5, 0.6) is 0 Å². The first kappa shape index (κ1) is 18.7. The normalized spacial score (nSPS) is 15.1. The number of amides is 1. The number of carbonyl (C=O) groups is 2. The molecular weight excluding hydrogens is 326 g/mol. The SMILES string of the molecule is Cc1ccc(NCCCNC(=O)CC2(C(=O)O)CCC2)c([N+](=O)[O-])c1. The number of nitrogens with zero attached hydrogens (tertiary/aromatic N) is 1. The zero-order chi connectivity index (χ0) is 18.4. The average molecular weight is 349 g/mol. The molecule has 25 heavy (non-hydrogen) atoms. The Hall–Kier alpha value is -2.64. The van der Waals surface area contributed by atoms with Gasteiger partial charge in [-0.2, -0.15) is 0 Å². The summed E-state index contributed by atoms with van der Waals surface area (Å²) in [4.78, 5) is 33.7. The number of rotatable bonds is 9. The van der Waals surface area contributed by atoms with Crippen LogP contribution in [-0.4, -0.2) is 35.0 Å². The fourth-order valence-electron chi connectivity index (χ4n) is 2.92. The molecule has 1 aromatic carbocycles. The van der Waals surface area contributed by atoms with Crippen LogP contribution in [0.25, 0.3) is 0 Å². The number of aliphatic carboxylic acids is 1. The monoisotopic (exact) mass is 349 g/mol. The molecule has 0 aliphatic heterocycles. The van der Waals surface area contributed by atoms with E-state index in [1.54, 1.807) is 19.1 Å². The minimum Gasteiger partial charge on any atom is -0.481 e. The molecule has 1 aliphatic carbocycles. The van der Waals surface area contributed by atoms with Crippen molar-refractivity contribution in [1.82, 2.24) is 5.32 Å². The van der Waals surface area contributed by atoms with Crippen molar-refractivity contribution in [2.45, 2.75) is 39.0 Å². The van der Waals surface area contributed by atoms with E-state index in [9.17, 15) is 24.8 Å². The Morgan fingerprint density at radius 2 is 2.04 bits per heavy atom. The molecule has 0 bridgehead atoms. The van der Waals surface area contributed by atoms with Crippen LogP contribution in [-0.2, 0) is 9.59 Å². The van der Waals surface area contributed by atoms with Gasteiger partial charge in [0.2, 0.25) is 5.91 Å². The fraction of sp³-hybridized carbons (Fsp3) is 0.529. The standard InChI is InChI=1S/C17H23N3O5/c1-12-4-5-13(14(10-12)20(24)25)18-8-3-9-19-15(21)11-17(16(22)23)6-2-7-17/h4-5,10,18H,2-3,6-9,11H2,1H3,(H,19,21)(H,22,23). The van der Waals surface area contributed by atoms with Gasteiger partial charge >= 0.3 is 5.97 Å². The summed E-state index contributed by atoms with van der Waals surface area (Å²) in [5, 5.41) is 26.0. The average Bonchev–Trinajstić information content (AvgIpc) is 2.51. The lowest BCUT2D eigenvalue weighted by molar-refractivity contribution is -0.384. The maximum absolute atomic E-state index is 11.9. The number of anilines is 1. The van der Waals surface area contributed by atoms with E-state index in [1.807, 2.05) is 0 Å². The van der Waals surface area contributed by atoms with Crippen LogP contribution in [0, 0.1) is 22.5 Å². The largest absolute Gasteiger partial charge is 0.481 e. The van der Waals surface area contributed by atoms with Crippen LogP contribution in [0.1, 0.15) is 37.7 Å². The zero-order valence-electron chi connectivity index (χ0n) is 14.2. The quantitative estimate of drug-likeness (QED) is 0.358. The number of nitro groups is 1. The Morgan fingerprint density at radius 1 is 1.32 bits per heavy atom. The molecule has 1 amide bonds. The second kappa shape index (κ2) is 7.96. The summed E-state index contributed by atoms with van der Waals surface area (Å²) in [6.45, 7) is 2.65. The highest BCUT2D eigenvalue weighted by Gasteiger charge is 2.45. The summed E-state index contributed by atoms with van der Waals surface area (Å²) in [5.41, 5.74) is 0.400. The maximum Gasteiger partial charge on any atom is 0.310 e. The minimum absolute atomic E-state index is 0.0131. The van der Waals surface area contributed by atoms with Crippen molar-refractivity contribution >= 4 is 23.3 Å². The number of benzene rings is 1. The van der Waals surface area contributed by atoms with Crippen LogP contribution < -0.4 is 10.6 Å².